The molecule has 0 radical (unpaired) electrons. The Bertz CT molecular complexity index is 500. The lowest BCUT2D eigenvalue weighted by atomic mass is 10.1. The molecule has 7 heteroatoms. The van der Waals surface area contributed by atoms with Crippen molar-refractivity contribution in [3.8, 4) is 0 Å². The molecule has 1 saturated heterocycles. The Hall–Kier alpha value is -1.73. The number of benzene rings is 1. The molecule has 0 aliphatic carbocycles. The quantitative estimate of drug-likeness (QED) is 0.629. The summed E-state index contributed by atoms with van der Waals surface area (Å²) < 4.78 is 27.3. The average molecular weight is 284 g/mol. The number of carbonyl (C=O) groups is 1. The van der Waals surface area contributed by atoms with Crippen molar-refractivity contribution < 1.29 is 13.6 Å². The van der Waals surface area contributed by atoms with Gasteiger partial charge in [0, 0.05) is 31.2 Å². The Kier molecular flexibility index (Phi) is 4.20. The second-order valence-electron chi connectivity index (χ2n) is 5.07. The number of rotatable bonds is 2. The van der Waals surface area contributed by atoms with E-state index in [1.54, 1.807) is 4.90 Å². The summed E-state index contributed by atoms with van der Waals surface area (Å²) in [5, 5.41) is 0. The first-order valence-corrected chi connectivity index (χ1v) is 6.39. The number of hydrogen-bond acceptors (Lipinski definition) is 4. The Balaban J connectivity index is 2.25. The summed E-state index contributed by atoms with van der Waals surface area (Å²) in [7, 11) is 1.97. The second kappa shape index (κ2) is 5.72. The zero-order valence-corrected chi connectivity index (χ0v) is 11.5. The molecular formula is C13H18F2N4O. The normalized spacial score (nSPS) is 20.1. The SMILES string of the molecule is CC1CN(C)CCN1C(=O)c1cc(F)c(NN)c(F)c1. The van der Waals surface area contributed by atoms with Crippen LogP contribution in [0.5, 0.6) is 0 Å². The molecule has 1 aromatic carbocycles. The van der Waals surface area contributed by atoms with E-state index in [0.717, 1.165) is 25.2 Å². The van der Waals surface area contributed by atoms with Gasteiger partial charge < -0.3 is 15.2 Å². The Morgan fingerprint density at radius 2 is 1.95 bits per heavy atom. The van der Waals surface area contributed by atoms with Crippen molar-refractivity contribution in [1.29, 1.82) is 0 Å². The van der Waals surface area contributed by atoms with E-state index in [1.165, 1.54) is 0 Å². The number of hydrogen-bond donors (Lipinski definition) is 2. The Morgan fingerprint density at radius 1 is 1.35 bits per heavy atom. The highest BCUT2D eigenvalue weighted by molar-refractivity contribution is 5.95. The third-order valence-corrected chi connectivity index (χ3v) is 3.52. The van der Waals surface area contributed by atoms with Crippen LogP contribution in [0.3, 0.4) is 0 Å². The van der Waals surface area contributed by atoms with E-state index in [-0.39, 0.29) is 17.5 Å². The number of hydrazine groups is 1. The number of piperazine rings is 1. The van der Waals surface area contributed by atoms with Gasteiger partial charge in [-0.25, -0.2) is 8.78 Å². The Labute approximate surface area is 116 Å². The van der Waals surface area contributed by atoms with Crippen molar-refractivity contribution in [3.63, 3.8) is 0 Å². The van der Waals surface area contributed by atoms with Crippen LogP contribution >= 0.6 is 0 Å². The molecule has 1 fully saturated rings. The third-order valence-electron chi connectivity index (χ3n) is 3.52. The minimum atomic E-state index is -0.877. The minimum Gasteiger partial charge on any atom is -0.333 e. The maximum absolute atomic E-state index is 13.6. The number of anilines is 1. The van der Waals surface area contributed by atoms with Crippen molar-refractivity contribution in [1.82, 2.24) is 9.80 Å². The van der Waals surface area contributed by atoms with Crippen molar-refractivity contribution in [2.45, 2.75) is 13.0 Å². The molecule has 1 amide bonds. The number of nitrogen functional groups attached to an aromatic ring is 1. The number of halogens is 2. The lowest BCUT2D eigenvalue weighted by Crippen LogP contribution is -2.52. The zero-order valence-electron chi connectivity index (χ0n) is 11.5. The summed E-state index contributed by atoms with van der Waals surface area (Å²) in [6.07, 6.45) is 0. The molecule has 1 heterocycles. The van der Waals surface area contributed by atoms with Gasteiger partial charge in [0.05, 0.1) is 0 Å². The second-order valence-corrected chi connectivity index (χ2v) is 5.07. The standard InChI is InChI=1S/C13H18F2N4O/c1-8-7-18(2)3-4-19(8)13(20)9-5-10(14)12(17-16)11(15)6-9/h5-6,8,17H,3-4,7,16H2,1-2H3. The number of nitrogens with two attached hydrogens (primary N) is 1. The van der Waals surface area contributed by atoms with Gasteiger partial charge in [0.15, 0.2) is 11.6 Å². The van der Waals surface area contributed by atoms with E-state index in [1.807, 2.05) is 19.4 Å². The van der Waals surface area contributed by atoms with Gasteiger partial charge in [-0.3, -0.25) is 10.6 Å². The first-order chi connectivity index (χ1) is 9.43. The van der Waals surface area contributed by atoms with Crippen LogP contribution in [-0.2, 0) is 0 Å². The molecule has 1 aromatic rings. The fraction of sp³-hybridized carbons (Fsp3) is 0.462. The number of nitrogens with zero attached hydrogens (tertiary/aromatic N) is 2. The lowest BCUT2D eigenvalue weighted by Gasteiger charge is -2.38. The lowest BCUT2D eigenvalue weighted by molar-refractivity contribution is 0.0532. The van der Waals surface area contributed by atoms with Gasteiger partial charge in [0.2, 0.25) is 0 Å². The van der Waals surface area contributed by atoms with Gasteiger partial charge in [-0.05, 0) is 26.1 Å². The summed E-state index contributed by atoms with van der Waals surface area (Å²) in [6, 6.07) is 2.01. The molecule has 5 nitrogen and oxygen atoms in total. The fourth-order valence-electron chi connectivity index (χ4n) is 2.44. The molecule has 0 aromatic heterocycles. The van der Waals surface area contributed by atoms with Crippen molar-refractivity contribution in [3.05, 3.63) is 29.3 Å². The molecular weight excluding hydrogens is 266 g/mol. The van der Waals surface area contributed by atoms with Crippen LogP contribution in [0.15, 0.2) is 12.1 Å². The third kappa shape index (κ3) is 2.73. The van der Waals surface area contributed by atoms with Crippen molar-refractivity contribution in [2.24, 2.45) is 5.84 Å². The summed E-state index contributed by atoms with van der Waals surface area (Å²) in [5.41, 5.74) is 1.50. The first-order valence-electron chi connectivity index (χ1n) is 6.39. The van der Waals surface area contributed by atoms with Crippen LogP contribution in [0.1, 0.15) is 17.3 Å². The maximum Gasteiger partial charge on any atom is 0.254 e. The van der Waals surface area contributed by atoms with Gasteiger partial charge in [-0.1, -0.05) is 0 Å². The molecule has 0 spiro atoms. The minimum absolute atomic E-state index is 0.000294. The highest BCUT2D eigenvalue weighted by Gasteiger charge is 2.27. The first kappa shape index (κ1) is 14.7. The average Bonchev–Trinajstić information content (AvgIpc) is 2.37. The van der Waals surface area contributed by atoms with Crippen molar-refractivity contribution >= 4 is 11.6 Å². The van der Waals surface area contributed by atoms with Gasteiger partial charge in [-0.2, -0.15) is 0 Å². The molecule has 1 atom stereocenters. The van der Waals surface area contributed by atoms with Crippen LogP contribution in [-0.4, -0.2) is 48.4 Å². The topological polar surface area (TPSA) is 61.6 Å². The monoisotopic (exact) mass is 284 g/mol. The highest BCUT2D eigenvalue weighted by Crippen LogP contribution is 2.22. The number of likely N-dealkylation sites (N-methyl/N-ethyl adjacent to an activating group) is 1. The Morgan fingerprint density at radius 3 is 2.45 bits per heavy atom. The molecule has 1 unspecified atom stereocenters. The van der Waals surface area contributed by atoms with E-state index in [4.69, 9.17) is 5.84 Å². The van der Waals surface area contributed by atoms with Gasteiger partial charge >= 0.3 is 0 Å². The zero-order chi connectivity index (χ0) is 14.9. The molecule has 3 N–H and O–H groups in total. The van der Waals surface area contributed by atoms with Crippen LogP contribution in [0.25, 0.3) is 0 Å². The maximum atomic E-state index is 13.6. The predicted molar refractivity (Wildman–Crippen MR) is 72.2 cm³/mol. The molecule has 1 aliphatic heterocycles. The number of nitrogens with one attached hydrogen (secondary N) is 1. The van der Waals surface area contributed by atoms with Crippen LogP contribution < -0.4 is 11.3 Å². The van der Waals surface area contributed by atoms with Gasteiger partial charge in [0.1, 0.15) is 5.69 Å². The van der Waals surface area contributed by atoms with Crippen LogP contribution in [0, 0.1) is 11.6 Å². The predicted octanol–water partition coefficient (Wildman–Crippen LogP) is 1.03. The summed E-state index contributed by atoms with van der Waals surface area (Å²) in [4.78, 5) is 16.1. The summed E-state index contributed by atoms with van der Waals surface area (Å²) in [6.45, 7) is 3.93. The summed E-state index contributed by atoms with van der Waals surface area (Å²) >= 11 is 0. The smallest absolute Gasteiger partial charge is 0.254 e. The largest absolute Gasteiger partial charge is 0.333 e. The molecule has 0 bridgehead atoms. The van der Waals surface area contributed by atoms with Gasteiger partial charge in [-0.15, -0.1) is 0 Å². The number of carbonyl (C=O) groups excluding carboxylic acids is 1. The van der Waals surface area contributed by atoms with E-state index >= 15 is 0 Å². The molecule has 20 heavy (non-hydrogen) atoms. The van der Waals surface area contributed by atoms with Crippen LogP contribution in [0.2, 0.25) is 0 Å². The van der Waals surface area contributed by atoms with Crippen LogP contribution in [0.4, 0.5) is 14.5 Å². The van der Waals surface area contributed by atoms with Gasteiger partial charge in [0.25, 0.3) is 5.91 Å². The van der Waals surface area contributed by atoms with E-state index in [9.17, 15) is 13.6 Å². The highest BCUT2D eigenvalue weighted by atomic mass is 19.1. The molecule has 2 rings (SSSR count). The van der Waals surface area contributed by atoms with E-state index in [0.29, 0.717) is 6.54 Å². The fourth-order valence-corrected chi connectivity index (χ4v) is 2.44. The summed E-state index contributed by atoms with van der Waals surface area (Å²) in [5.74, 6) is 2.90. The van der Waals surface area contributed by atoms with E-state index < -0.39 is 17.3 Å². The molecule has 110 valence electrons. The van der Waals surface area contributed by atoms with E-state index in [2.05, 4.69) is 4.90 Å². The molecule has 1 aliphatic rings. The molecule has 0 saturated carbocycles. The number of amides is 1. The van der Waals surface area contributed by atoms with Crippen molar-refractivity contribution in [2.75, 3.05) is 32.1 Å².